The molecule has 32 heavy (non-hydrogen) atoms. The number of hydrogen-bond acceptors (Lipinski definition) is 8. The normalized spacial score (nSPS) is 11.2. The van der Waals surface area contributed by atoms with Gasteiger partial charge in [0, 0.05) is 0 Å². The number of carbonyl (C=O) groups excluding carboxylic acids is 2. The van der Waals surface area contributed by atoms with Crippen molar-refractivity contribution in [2.24, 2.45) is 0 Å². The molecule has 8 heteroatoms. The molecular weight excluding hydrogens is 416 g/mol. The Morgan fingerprint density at radius 1 is 0.594 bits per heavy atom. The van der Waals surface area contributed by atoms with E-state index in [1.165, 1.54) is 28.4 Å². The minimum atomic E-state index is -0.683. The summed E-state index contributed by atoms with van der Waals surface area (Å²) in [5, 5.41) is 0. The third kappa shape index (κ3) is 5.32. The highest BCUT2D eigenvalue weighted by Gasteiger charge is 2.28. The van der Waals surface area contributed by atoms with Crippen molar-refractivity contribution in [3.63, 3.8) is 0 Å². The van der Waals surface area contributed by atoms with Crippen molar-refractivity contribution in [1.82, 2.24) is 0 Å². The van der Waals surface area contributed by atoms with Gasteiger partial charge >= 0.3 is 11.9 Å². The molecule has 0 radical (unpaired) electrons. The molecule has 172 valence electrons. The largest absolute Gasteiger partial charge is 0.493 e. The van der Waals surface area contributed by atoms with Crippen LogP contribution in [0.4, 0.5) is 0 Å². The zero-order valence-corrected chi connectivity index (χ0v) is 19.1. The minimum absolute atomic E-state index is 0.0264. The zero-order chi connectivity index (χ0) is 23.7. The van der Waals surface area contributed by atoms with Gasteiger partial charge in [0.1, 0.15) is 0 Å². The van der Waals surface area contributed by atoms with Crippen LogP contribution in [0, 0.1) is 0 Å². The topological polar surface area (TPSA) is 89.5 Å². The predicted molar refractivity (Wildman–Crippen MR) is 119 cm³/mol. The van der Waals surface area contributed by atoms with Crippen molar-refractivity contribution < 1.29 is 38.0 Å². The molecule has 0 amide bonds. The van der Waals surface area contributed by atoms with Crippen molar-refractivity contribution >= 4 is 23.1 Å². The molecule has 0 unspecified atom stereocenters. The number of ether oxygens (including phenoxy) is 6. The van der Waals surface area contributed by atoms with Crippen LogP contribution in [0.1, 0.15) is 25.0 Å². The molecule has 2 rings (SSSR count). The predicted octanol–water partition coefficient (Wildman–Crippen LogP) is 3.76. The van der Waals surface area contributed by atoms with E-state index in [9.17, 15) is 9.59 Å². The minimum Gasteiger partial charge on any atom is -0.493 e. The maximum atomic E-state index is 13.1. The number of methoxy groups -OCH3 is 4. The highest BCUT2D eigenvalue weighted by Crippen LogP contribution is 2.37. The van der Waals surface area contributed by atoms with Gasteiger partial charge in [0.25, 0.3) is 0 Å². The van der Waals surface area contributed by atoms with Crippen LogP contribution >= 0.6 is 0 Å². The van der Waals surface area contributed by atoms with Crippen LogP contribution in [0.15, 0.2) is 36.4 Å². The smallest absolute Gasteiger partial charge is 0.339 e. The number of esters is 2. The summed E-state index contributed by atoms with van der Waals surface area (Å²) in [4.78, 5) is 26.2. The van der Waals surface area contributed by atoms with Gasteiger partial charge in [-0.15, -0.1) is 0 Å². The van der Waals surface area contributed by atoms with Crippen LogP contribution in [-0.2, 0) is 19.1 Å². The molecule has 2 aromatic rings. The fourth-order valence-electron chi connectivity index (χ4n) is 3.12. The van der Waals surface area contributed by atoms with E-state index in [0.717, 1.165) is 0 Å². The van der Waals surface area contributed by atoms with Crippen molar-refractivity contribution in [3.05, 3.63) is 47.5 Å². The molecule has 8 nitrogen and oxygen atoms in total. The van der Waals surface area contributed by atoms with E-state index < -0.39 is 11.9 Å². The molecule has 0 aliphatic heterocycles. The van der Waals surface area contributed by atoms with Crippen LogP contribution in [0.2, 0.25) is 0 Å². The van der Waals surface area contributed by atoms with Gasteiger partial charge in [-0.05, 0) is 49.2 Å². The Morgan fingerprint density at radius 3 is 1.22 bits per heavy atom. The maximum Gasteiger partial charge on any atom is 0.339 e. The molecule has 0 aliphatic carbocycles. The van der Waals surface area contributed by atoms with E-state index in [1.54, 1.807) is 50.2 Å². The van der Waals surface area contributed by atoms with Gasteiger partial charge in [-0.25, -0.2) is 9.59 Å². The number of hydrogen-bond donors (Lipinski definition) is 0. The molecule has 0 aromatic heterocycles. The average Bonchev–Trinajstić information content (AvgIpc) is 2.81. The lowest BCUT2D eigenvalue weighted by atomic mass is 9.93. The Hall–Kier alpha value is -3.68. The summed E-state index contributed by atoms with van der Waals surface area (Å²) in [6, 6.07) is 9.78. The third-order valence-electron chi connectivity index (χ3n) is 4.55. The van der Waals surface area contributed by atoms with Crippen LogP contribution in [-0.4, -0.2) is 53.6 Å². The van der Waals surface area contributed by atoms with Crippen LogP contribution < -0.4 is 18.9 Å². The van der Waals surface area contributed by atoms with E-state index in [2.05, 4.69) is 0 Å². The van der Waals surface area contributed by atoms with Gasteiger partial charge in [0.2, 0.25) is 0 Å². The molecule has 0 spiro atoms. The second-order valence-electron chi connectivity index (χ2n) is 6.33. The summed E-state index contributed by atoms with van der Waals surface area (Å²) in [6.07, 6.45) is 0. The summed E-state index contributed by atoms with van der Waals surface area (Å²) in [7, 11) is 5.98. The molecule has 0 aliphatic rings. The van der Waals surface area contributed by atoms with Crippen LogP contribution in [0.3, 0.4) is 0 Å². The first-order chi connectivity index (χ1) is 15.4. The molecule has 2 aromatic carbocycles. The molecule has 0 bridgehead atoms. The molecule has 0 fully saturated rings. The molecule has 0 saturated carbocycles. The Bertz CT molecular complexity index is 914. The second-order valence-corrected chi connectivity index (χ2v) is 6.33. The van der Waals surface area contributed by atoms with Gasteiger partial charge in [-0.3, -0.25) is 0 Å². The first-order valence-corrected chi connectivity index (χ1v) is 9.98. The summed E-state index contributed by atoms with van der Waals surface area (Å²) in [5.41, 5.74) is 0.856. The fraction of sp³-hybridized carbons (Fsp3) is 0.333. The van der Waals surface area contributed by atoms with Gasteiger partial charge in [0.15, 0.2) is 23.0 Å². The molecule has 0 saturated heterocycles. The third-order valence-corrected chi connectivity index (χ3v) is 4.55. The number of benzene rings is 2. The average molecular weight is 444 g/mol. The van der Waals surface area contributed by atoms with Crippen molar-refractivity contribution in [3.8, 4) is 23.0 Å². The monoisotopic (exact) mass is 444 g/mol. The van der Waals surface area contributed by atoms with E-state index in [0.29, 0.717) is 34.1 Å². The highest BCUT2D eigenvalue weighted by molar-refractivity contribution is 6.37. The lowest BCUT2D eigenvalue weighted by Gasteiger charge is -2.17. The lowest BCUT2D eigenvalue weighted by molar-refractivity contribution is -0.138. The quantitative estimate of drug-likeness (QED) is 0.311. The Labute approximate surface area is 187 Å². The molecule has 0 N–H and O–H groups in total. The van der Waals surface area contributed by atoms with E-state index in [4.69, 9.17) is 28.4 Å². The lowest BCUT2D eigenvalue weighted by Crippen LogP contribution is -2.16. The summed E-state index contributed by atoms with van der Waals surface area (Å²) < 4.78 is 31.9. The first-order valence-electron chi connectivity index (χ1n) is 9.98. The summed E-state index contributed by atoms with van der Waals surface area (Å²) in [5.74, 6) is 0.367. The van der Waals surface area contributed by atoms with Gasteiger partial charge in [0.05, 0.1) is 52.8 Å². The highest BCUT2D eigenvalue weighted by atomic mass is 16.5. The van der Waals surface area contributed by atoms with E-state index >= 15 is 0 Å². The Balaban J connectivity index is 2.89. The van der Waals surface area contributed by atoms with Crippen molar-refractivity contribution in [1.29, 1.82) is 0 Å². The SMILES string of the molecule is CCOC(=O)/C(=C(/C(=O)OCC)c1ccc(OC)c(OC)c1)c1ccc(OC)c(OC)c1. The number of rotatable bonds is 10. The zero-order valence-electron chi connectivity index (χ0n) is 19.1. The fourth-order valence-corrected chi connectivity index (χ4v) is 3.12. The molecule has 0 atom stereocenters. The van der Waals surface area contributed by atoms with E-state index in [1.807, 2.05) is 0 Å². The van der Waals surface area contributed by atoms with E-state index in [-0.39, 0.29) is 24.4 Å². The second kappa shape index (κ2) is 11.6. The van der Waals surface area contributed by atoms with Crippen LogP contribution in [0.5, 0.6) is 23.0 Å². The van der Waals surface area contributed by atoms with Gasteiger partial charge < -0.3 is 28.4 Å². The van der Waals surface area contributed by atoms with Gasteiger partial charge in [-0.2, -0.15) is 0 Å². The summed E-state index contributed by atoms with van der Waals surface area (Å²) in [6.45, 7) is 3.62. The first kappa shape index (κ1) is 24.6. The van der Waals surface area contributed by atoms with Crippen molar-refractivity contribution in [2.75, 3.05) is 41.7 Å². The van der Waals surface area contributed by atoms with Crippen molar-refractivity contribution in [2.45, 2.75) is 13.8 Å². The number of carbonyl (C=O) groups is 2. The Kier molecular flexibility index (Phi) is 8.95. The Morgan fingerprint density at radius 2 is 0.938 bits per heavy atom. The molecular formula is C24H28O8. The summed E-state index contributed by atoms with van der Waals surface area (Å²) >= 11 is 0. The van der Waals surface area contributed by atoms with Crippen LogP contribution in [0.25, 0.3) is 11.1 Å². The standard InChI is InChI=1S/C24H28O8/c1-7-31-23(25)21(15-9-11-17(27-3)19(13-15)29-5)22(24(26)32-8-2)16-10-12-18(28-4)20(14-16)30-6/h9-14H,7-8H2,1-6H3/b22-21+. The maximum absolute atomic E-state index is 13.1. The molecule has 0 heterocycles. The van der Waals surface area contributed by atoms with Gasteiger partial charge in [-0.1, -0.05) is 12.1 Å².